The van der Waals surface area contributed by atoms with Crippen molar-refractivity contribution in [2.24, 2.45) is 5.73 Å². The number of alkyl halides is 1. The van der Waals surface area contributed by atoms with Crippen molar-refractivity contribution < 1.29 is 9.50 Å². The van der Waals surface area contributed by atoms with Crippen molar-refractivity contribution in [3.63, 3.8) is 0 Å². The van der Waals surface area contributed by atoms with Crippen molar-refractivity contribution in [3.8, 4) is 23.1 Å². The Bertz CT molecular complexity index is 1380. The number of aliphatic hydroxyl groups is 1. The van der Waals surface area contributed by atoms with Gasteiger partial charge < -0.3 is 15.7 Å². The van der Waals surface area contributed by atoms with Gasteiger partial charge >= 0.3 is 0 Å². The predicted molar refractivity (Wildman–Crippen MR) is 121 cm³/mol. The third-order valence-electron chi connectivity index (χ3n) is 5.99. The molecule has 0 bridgehead atoms. The maximum Gasteiger partial charge on any atom is 0.163 e. The highest BCUT2D eigenvalue weighted by molar-refractivity contribution is 5.79. The van der Waals surface area contributed by atoms with E-state index >= 15 is 0 Å². The van der Waals surface area contributed by atoms with Crippen LogP contribution in [0.4, 0.5) is 10.1 Å². The first-order valence-electron chi connectivity index (χ1n) is 10.6. The van der Waals surface area contributed by atoms with E-state index in [1.807, 2.05) is 42.3 Å². The average molecular weight is 446 g/mol. The molecule has 1 unspecified atom stereocenters. The van der Waals surface area contributed by atoms with E-state index in [0.29, 0.717) is 23.6 Å². The van der Waals surface area contributed by atoms with E-state index in [2.05, 4.69) is 10.2 Å². The minimum Gasteiger partial charge on any atom is -0.389 e. The van der Waals surface area contributed by atoms with Crippen LogP contribution in [0.15, 0.2) is 42.7 Å². The molecule has 10 heteroatoms. The highest BCUT2D eigenvalue weighted by atomic mass is 19.1. The van der Waals surface area contributed by atoms with Gasteiger partial charge in [0.05, 0.1) is 48.0 Å². The van der Waals surface area contributed by atoms with Gasteiger partial charge in [0.2, 0.25) is 0 Å². The molecule has 1 fully saturated rings. The Morgan fingerprint density at radius 2 is 2.09 bits per heavy atom. The second-order valence-electron chi connectivity index (χ2n) is 8.34. The summed E-state index contributed by atoms with van der Waals surface area (Å²) in [5.74, 6) is 0.456. The number of aryl methyl sites for hydroxylation is 1. The van der Waals surface area contributed by atoms with Crippen LogP contribution in [-0.4, -0.2) is 54.8 Å². The van der Waals surface area contributed by atoms with E-state index in [0.717, 1.165) is 22.5 Å². The summed E-state index contributed by atoms with van der Waals surface area (Å²) in [4.78, 5) is 6.70. The number of hydrogen-bond donors (Lipinski definition) is 2. The second-order valence-corrected chi connectivity index (χ2v) is 8.34. The Morgan fingerprint density at radius 1 is 1.27 bits per heavy atom. The number of pyridine rings is 2. The fraction of sp³-hybridized carbons (Fsp3) is 0.304. The Kier molecular flexibility index (Phi) is 5.08. The molecule has 0 amide bonds. The smallest absolute Gasteiger partial charge is 0.163 e. The minimum absolute atomic E-state index is 0.264. The molecule has 9 nitrogen and oxygen atoms in total. The van der Waals surface area contributed by atoms with Gasteiger partial charge in [-0.25, -0.2) is 18.6 Å². The summed E-state index contributed by atoms with van der Waals surface area (Å²) >= 11 is 0. The van der Waals surface area contributed by atoms with Gasteiger partial charge in [0.15, 0.2) is 11.5 Å². The van der Waals surface area contributed by atoms with Gasteiger partial charge in [-0.15, -0.1) is 0 Å². The number of fused-ring (bicyclic) bond motifs is 1. The molecule has 1 aliphatic rings. The van der Waals surface area contributed by atoms with E-state index in [1.165, 1.54) is 0 Å². The molecule has 33 heavy (non-hydrogen) atoms. The van der Waals surface area contributed by atoms with Crippen LogP contribution in [-0.2, 0) is 0 Å². The summed E-state index contributed by atoms with van der Waals surface area (Å²) in [5, 5.41) is 28.3. The molecule has 168 valence electrons. The number of rotatable bonds is 4. The first kappa shape index (κ1) is 21.1. The zero-order valence-corrected chi connectivity index (χ0v) is 18.2. The first-order valence-corrected chi connectivity index (χ1v) is 10.6. The number of halogens is 1. The van der Waals surface area contributed by atoms with E-state index in [-0.39, 0.29) is 12.2 Å². The van der Waals surface area contributed by atoms with Gasteiger partial charge in [-0.1, -0.05) is 6.07 Å². The lowest BCUT2D eigenvalue weighted by Gasteiger charge is -2.17. The zero-order chi connectivity index (χ0) is 23.3. The molecule has 1 aliphatic heterocycles. The summed E-state index contributed by atoms with van der Waals surface area (Å²) < 4.78 is 17.2. The third kappa shape index (κ3) is 3.61. The Hall–Kier alpha value is -3.81. The van der Waals surface area contributed by atoms with Crippen LogP contribution in [0.1, 0.15) is 30.0 Å². The average Bonchev–Trinajstić information content (AvgIpc) is 3.49. The van der Waals surface area contributed by atoms with Crippen molar-refractivity contribution in [2.75, 3.05) is 18.0 Å². The lowest BCUT2D eigenvalue weighted by molar-refractivity contribution is 0.198. The number of aliphatic hydroxyl groups excluding tert-OH is 1. The topological polar surface area (TPSA) is 121 Å². The summed E-state index contributed by atoms with van der Waals surface area (Å²) in [6, 6.07) is 10.7. The quantitative estimate of drug-likeness (QED) is 0.493. The van der Waals surface area contributed by atoms with E-state index < -0.39 is 18.3 Å². The Labute approximate surface area is 189 Å². The maximum absolute atomic E-state index is 13.9. The normalized spacial score (nSPS) is 19.2. The van der Waals surface area contributed by atoms with Crippen LogP contribution in [0, 0.1) is 18.3 Å². The van der Waals surface area contributed by atoms with Crippen molar-refractivity contribution in [1.82, 2.24) is 24.4 Å². The number of nitriles is 1. The van der Waals surface area contributed by atoms with Gasteiger partial charge in [-0.2, -0.15) is 15.5 Å². The Balaban J connectivity index is 1.57. The summed E-state index contributed by atoms with van der Waals surface area (Å²) in [6.07, 6.45) is 1.76. The lowest BCUT2D eigenvalue weighted by Crippen LogP contribution is -2.30. The molecular weight excluding hydrogens is 423 g/mol. The number of anilines is 1. The third-order valence-corrected chi connectivity index (χ3v) is 5.99. The molecule has 1 saturated heterocycles. The van der Waals surface area contributed by atoms with Gasteiger partial charge in [0, 0.05) is 23.4 Å². The molecule has 0 spiro atoms. The SMILES string of the molecule is Cc1cc(C#N)nn1-c1nc(-c2cnn3cc(N4C[C@H](N)[C@@H](F)C4)ccc23)ccc1C(C)O. The zero-order valence-electron chi connectivity index (χ0n) is 18.2. The van der Waals surface area contributed by atoms with Crippen LogP contribution >= 0.6 is 0 Å². The molecule has 0 saturated carbocycles. The van der Waals surface area contributed by atoms with Crippen LogP contribution in [0.5, 0.6) is 0 Å². The summed E-state index contributed by atoms with van der Waals surface area (Å²) in [5.41, 5.74) is 10.6. The lowest BCUT2D eigenvalue weighted by atomic mass is 10.1. The monoisotopic (exact) mass is 446 g/mol. The summed E-state index contributed by atoms with van der Waals surface area (Å²) in [6.45, 7) is 4.21. The molecule has 4 aromatic heterocycles. The molecule has 0 aliphatic carbocycles. The van der Waals surface area contributed by atoms with Gasteiger partial charge in [0.25, 0.3) is 0 Å². The van der Waals surface area contributed by atoms with Crippen LogP contribution in [0.3, 0.4) is 0 Å². The number of hydrogen-bond acceptors (Lipinski definition) is 7. The van der Waals surface area contributed by atoms with E-state index in [9.17, 15) is 14.8 Å². The van der Waals surface area contributed by atoms with Crippen LogP contribution in [0.2, 0.25) is 0 Å². The molecule has 0 radical (unpaired) electrons. The number of nitrogens with zero attached hydrogens (tertiary/aromatic N) is 7. The highest BCUT2D eigenvalue weighted by Crippen LogP contribution is 2.30. The molecule has 5 heterocycles. The highest BCUT2D eigenvalue weighted by Gasteiger charge is 2.30. The Morgan fingerprint density at radius 3 is 2.76 bits per heavy atom. The van der Waals surface area contributed by atoms with Crippen molar-refractivity contribution >= 4 is 11.2 Å². The van der Waals surface area contributed by atoms with Crippen molar-refractivity contribution in [2.45, 2.75) is 32.2 Å². The van der Waals surface area contributed by atoms with Crippen LogP contribution < -0.4 is 10.6 Å². The summed E-state index contributed by atoms with van der Waals surface area (Å²) in [7, 11) is 0. The number of aromatic nitrogens is 5. The largest absolute Gasteiger partial charge is 0.389 e. The van der Waals surface area contributed by atoms with E-state index in [4.69, 9.17) is 10.7 Å². The van der Waals surface area contributed by atoms with Gasteiger partial charge in [-0.05, 0) is 38.1 Å². The minimum atomic E-state index is -1.05. The predicted octanol–water partition coefficient (Wildman–Crippen LogP) is 2.30. The van der Waals surface area contributed by atoms with Gasteiger partial charge in [0.1, 0.15) is 12.2 Å². The fourth-order valence-electron chi connectivity index (χ4n) is 4.21. The second kappa shape index (κ2) is 7.95. The molecule has 5 rings (SSSR count). The molecular formula is C23H23FN8O. The standard InChI is InChI=1S/C23H23FN8O/c1-13-7-15(8-25)29-32(13)23-17(14(2)33)4-5-21(28-23)18-9-27-31-10-16(3-6-22(18)31)30-11-19(24)20(26)12-30/h3-7,9-10,14,19-20,33H,11-12,26H2,1-2H3/t14?,19-,20-/m0/s1. The molecule has 4 aromatic rings. The van der Waals surface area contributed by atoms with Crippen molar-refractivity contribution in [3.05, 3.63) is 59.7 Å². The van der Waals surface area contributed by atoms with Gasteiger partial charge in [-0.3, -0.25) is 0 Å². The van der Waals surface area contributed by atoms with E-state index in [1.54, 1.807) is 34.5 Å². The first-order chi connectivity index (χ1) is 15.9. The van der Waals surface area contributed by atoms with Crippen LogP contribution in [0.25, 0.3) is 22.6 Å². The maximum atomic E-state index is 13.9. The molecule has 3 N–H and O–H groups in total. The van der Waals surface area contributed by atoms with Crippen molar-refractivity contribution in [1.29, 1.82) is 5.26 Å². The number of nitrogens with two attached hydrogens (primary N) is 1. The molecule has 0 aromatic carbocycles. The molecule has 3 atom stereocenters. The fourth-order valence-corrected chi connectivity index (χ4v) is 4.21.